The smallest absolute Gasteiger partial charge is 0.324 e. The second kappa shape index (κ2) is 8.97. The van der Waals surface area contributed by atoms with E-state index in [-0.39, 0.29) is 21.9 Å². The molecule has 0 aliphatic carbocycles. The first-order valence-electron chi connectivity index (χ1n) is 10.1. The Balaban J connectivity index is 1.48. The number of nitrogens with one attached hydrogen (secondary N) is 1. The van der Waals surface area contributed by atoms with Crippen LogP contribution in [0.25, 0.3) is 11.5 Å². The maximum Gasteiger partial charge on any atom is 0.324 e. The van der Waals surface area contributed by atoms with Gasteiger partial charge in [-0.2, -0.15) is 4.31 Å². The van der Waals surface area contributed by atoms with Crippen molar-refractivity contribution in [2.75, 3.05) is 26.2 Å². The van der Waals surface area contributed by atoms with Crippen molar-refractivity contribution in [3.05, 3.63) is 24.3 Å². The Morgan fingerprint density at radius 3 is 2.68 bits per heavy atom. The largest absolute Gasteiger partial charge is 0.411 e. The van der Waals surface area contributed by atoms with Gasteiger partial charge in [0.2, 0.25) is 21.8 Å². The van der Waals surface area contributed by atoms with Gasteiger partial charge in [0.25, 0.3) is 5.22 Å². The zero-order valence-corrected chi connectivity index (χ0v) is 18.6. The number of carbonyl (C=O) groups is 2. The van der Waals surface area contributed by atoms with Crippen LogP contribution in [0.4, 0.5) is 4.79 Å². The maximum atomic E-state index is 12.9. The molecular weight excluding hydrogens is 442 g/mol. The lowest BCUT2D eigenvalue weighted by Crippen LogP contribution is -2.38. The number of carbonyl (C=O) groups excluding carboxylic acids is 2. The summed E-state index contributed by atoms with van der Waals surface area (Å²) in [7, 11) is -3.58. The van der Waals surface area contributed by atoms with E-state index in [1.807, 2.05) is 0 Å². The molecule has 1 unspecified atom stereocenters. The van der Waals surface area contributed by atoms with Crippen molar-refractivity contribution in [1.82, 2.24) is 24.7 Å². The molecule has 2 aliphatic rings. The van der Waals surface area contributed by atoms with Crippen LogP contribution in [0.2, 0.25) is 0 Å². The van der Waals surface area contributed by atoms with Crippen molar-refractivity contribution >= 4 is 33.7 Å². The average molecular weight is 466 g/mol. The molecule has 1 atom stereocenters. The van der Waals surface area contributed by atoms with Gasteiger partial charge in [-0.15, -0.1) is 10.2 Å². The van der Waals surface area contributed by atoms with Crippen molar-refractivity contribution in [3.8, 4) is 11.5 Å². The average Bonchev–Trinajstić information content (AvgIpc) is 3.43. The van der Waals surface area contributed by atoms with Crippen LogP contribution >= 0.6 is 11.8 Å². The standard InChI is InChI=1S/C19H23N5O5S2/c1-13(17(25)24-11-8-20-18(24)26)30-19-22-21-16(29-19)14-6-5-7-15(12-14)31(27,28)23-9-3-2-4-10-23/h5-7,12-13H,2-4,8-11H2,1H3,(H,20,26). The molecule has 2 aromatic rings. The van der Waals surface area contributed by atoms with E-state index in [1.165, 1.54) is 10.4 Å². The molecule has 12 heteroatoms. The molecule has 0 spiro atoms. The van der Waals surface area contributed by atoms with Crippen molar-refractivity contribution in [3.63, 3.8) is 0 Å². The third-order valence-electron chi connectivity index (χ3n) is 5.19. The molecule has 166 valence electrons. The number of hydrogen-bond donors (Lipinski definition) is 1. The monoisotopic (exact) mass is 465 g/mol. The van der Waals surface area contributed by atoms with Gasteiger partial charge >= 0.3 is 6.03 Å². The Bertz CT molecular complexity index is 1080. The van der Waals surface area contributed by atoms with Crippen LogP contribution in [0.5, 0.6) is 0 Å². The van der Waals surface area contributed by atoms with Gasteiger partial charge < -0.3 is 9.73 Å². The van der Waals surface area contributed by atoms with Gasteiger partial charge in [-0.1, -0.05) is 24.2 Å². The SMILES string of the molecule is CC(Sc1nnc(-c2cccc(S(=O)(=O)N3CCCCC3)c2)o1)C(=O)N1CCNC1=O. The summed E-state index contributed by atoms with van der Waals surface area (Å²) in [5, 5.41) is 10.1. The lowest BCUT2D eigenvalue weighted by Gasteiger charge is -2.25. The highest BCUT2D eigenvalue weighted by Gasteiger charge is 2.31. The molecule has 31 heavy (non-hydrogen) atoms. The van der Waals surface area contributed by atoms with E-state index in [0.717, 1.165) is 35.9 Å². The zero-order chi connectivity index (χ0) is 22.0. The molecule has 3 heterocycles. The fourth-order valence-corrected chi connectivity index (χ4v) is 5.83. The van der Waals surface area contributed by atoms with Gasteiger partial charge in [0.15, 0.2) is 0 Å². The Hall–Kier alpha value is -2.44. The normalized spacial score (nSPS) is 18.7. The number of thioether (sulfide) groups is 1. The van der Waals surface area contributed by atoms with Crippen molar-refractivity contribution in [2.45, 2.75) is 41.6 Å². The number of amides is 3. The van der Waals surface area contributed by atoms with Gasteiger partial charge in [0.05, 0.1) is 10.1 Å². The molecule has 4 rings (SSSR count). The topological polar surface area (TPSA) is 126 Å². The molecule has 1 aromatic carbocycles. The number of imide groups is 1. The van der Waals surface area contributed by atoms with Gasteiger partial charge in [-0.25, -0.2) is 13.2 Å². The van der Waals surface area contributed by atoms with Gasteiger partial charge in [0.1, 0.15) is 0 Å². The Morgan fingerprint density at radius 2 is 1.97 bits per heavy atom. The third-order valence-corrected chi connectivity index (χ3v) is 8.00. The summed E-state index contributed by atoms with van der Waals surface area (Å²) in [5.41, 5.74) is 0.482. The quantitative estimate of drug-likeness (QED) is 0.642. The summed E-state index contributed by atoms with van der Waals surface area (Å²) in [4.78, 5) is 25.4. The molecule has 3 amide bonds. The van der Waals surface area contributed by atoms with E-state index in [1.54, 1.807) is 25.1 Å². The number of hydrogen-bond acceptors (Lipinski definition) is 8. The second-order valence-corrected chi connectivity index (χ2v) is 10.6. The van der Waals surface area contributed by atoms with Crippen LogP contribution in [-0.2, 0) is 14.8 Å². The Morgan fingerprint density at radius 1 is 1.19 bits per heavy atom. The number of sulfonamides is 1. The van der Waals surface area contributed by atoms with Gasteiger partial charge in [-0.05, 0) is 38.0 Å². The van der Waals surface area contributed by atoms with Crippen LogP contribution in [0.1, 0.15) is 26.2 Å². The Kier molecular flexibility index (Phi) is 6.30. The van der Waals surface area contributed by atoms with Crippen LogP contribution in [-0.4, -0.2) is 71.2 Å². The molecule has 10 nitrogen and oxygen atoms in total. The molecule has 0 bridgehead atoms. The first kappa shape index (κ1) is 21.8. The minimum absolute atomic E-state index is 0.164. The lowest BCUT2D eigenvalue weighted by atomic mass is 10.2. The highest BCUT2D eigenvalue weighted by molar-refractivity contribution is 8.00. The predicted molar refractivity (Wildman–Crippen MR) is 113 cm³/mol. The molecule has 2 saturated heterocycles. The molecule has 0 saturated carbocycles. The summed E-state index contributed by atoms with van der Waals surface area (Å²) in [6.07, 6.45) is 2.76. The number of urea groups is 1. The van der Waals surface area contributed by atoms with Crippen molar-refractivity contribution in [2.24, 2.45) is 0 Å². The second-order valence-electron chi connectivity index (χ2n) is 7.35. The first-order valence-corrected chi connectivity index (χ1v) is 12.4. The summed E-state index contributed by atoms with van der Waals surface area (Å²) < 4.78 is 33.0. The first-order chi connectivity index (χ1) is 14.9. The summed E-state index contributed by atoms with van der Waals surface area (Å²) in [6, 6.07) is 6.01. The van der Waals surface area contributed by atoms with Gasteiger partial charge in [0, 0.05) is 31.7 Å². The van der Waals surface area contributed by atoms with E-state index in [9.17, 15) is 18.0 Å². The van der Waals surface area contributed by atoms with E-state index >= 15 is 0 Å². The predicted octanol–water partition coefficient (Wildman–Crippen LogP) is 1.94. The van der Waals surface area contributed by atoms with E-state index < -0.39 is 21.3 Å². The fraction of sp³-hybridized carbons (Fsp3) is 0.474. The molecule has 1 N–H and O–H groups in total. The molecular formula is C19H23N5O5S2. The molecule has 1 aromatic heterocycles. The summed E-state index contributed by atoms with van der Waals surface area (Å²) >= 11 is 1.05. The summed E-state index contributed by atoms with van der Waals surface area (Å²) in [6.45, 7) is 3.47. The number of nitrogens with zero attached hydrogens (tertiary/aromatic N) is 4. The van der Waals surface area contributed by atoms with E-state index in [2.05, 4.69) is 15.5 Å². The number of rotatable bonds is 6. The summed E-state index contributed by atoms with van der Waals surface area (Å²) in [5.74, 6) is -0.175. The molecule has 0 radical (unpaired) electrons. The van der Waals surface area contributed by atoms with Crippen molar-refractivity contribution < 1.29 is 22.4 Å². The number of benzene rings is 1. The highest BCUT2D eigenvalue weighted by atomic mass is 32.2. The van der Waals surface area contributed by atoms with E-state index in [0.29, 0.717) is 31.7 Å². The lowest BCUT2D eigenvalue weighted by molar-refractivity contribution is -0.126. The Labute approximate surface area is 184 Å². The van der Waals surface area contributed by atoms with E-state index in [4.69, 9.17) is 4.42 Å². The third kappa shape index (κ3) is 4.60. The minimum Gasteiger partial charge on any atom is -0.411 e. The number of piperidine rings is 1. The molecule has 2 fully saturated rings. The zero-order valence-electron chi connectivity index (χ0n) is 17.0. The van der Waals surface area contributed by atoms with Crippen LogP contribution in [0, 0.1) is 0 Å². The fourth-order valence-electron chi connectivity index (χ4n) is 3.52. The molecule has 2 aliphatic heterocycles. The van der Waals surface area contributed by atoms with Crippen molar-refractivity contribution in [1.29, 1.82) is 0 Å². The van der Waals surface area contributed by atoms with Crippen LogP contribution < -0.4 is 5.32 Å². The van der Waals surface area contributed by atoms with Crippen LogP contribution in [0.15, 0.2) is 38.8 Å². The minimum atomic E-state index is -3.58. The van der Waals surface area contributed by atoms with Crippen LogP contribution in [0.3, 0.4) is 0 Å². The number of aromatic nitrogens is 2. The maximum absolute atomic E-state index is 12.9. The van der Waals surface area contributed by atoms with Gasteiger partial charge in [-0.3, -0.25) is 9.69 Å². The highest BCUT2D eigenvalue weighted by Crippen LogP contribution is 2.29.